The summed E-state index contributed by atoms with van der Waals surface area (Å²) in [7, 11) is 0. The molecule has 3 heterocycles. The van der Waals surface area contributed by atoms with Gasteiger partial charge in [-0.05, 0) is 116 Å². The molecule has 0 aliphatic carbocycles. The van der Waals surface area contributed by atoms with Gasteiger partial charge in [-0.1, -0.05) is 188 Å². The molecule has 7 nitrogen and oxygen atoms in total. The predicted octanol–water partition coefficient (Wildman–Crippen LogP) is 15.2. The average Bonchev–Trinajstić information content (AvgIpc) is 4.16. The average molecular weight is 898 g/mol. The van der Waals surface area contributed by atoms with Crippen molar-refractivity contribution in [3.63, 3.8) is 0 Å². The highest BCUT2D eigenvalue weighted by atomic mass is 15.5. The number of nitrogens with zero attached hydrogens (tertiary/aromatic N) is 7. The second-order valence-electron chi connectivity index (χ2n) is 17.1. The van der Waals surface area contributed by atoms with Gasteiger partial charge in [-0.3, -0.25) is 4.98 Å². The molecular weight excluding hydrogens is 855 g/mol. The van der Waals surface area contributed by atoms with E-state index >= 15 is 0 Å². The van der Waals surface area contributed by atoms with E-state index in [0.29, 0.717) is 0 Å². The van der Waals surface area contributed by atoms with Crippen molar-refractivity contribution in [3.05, 3.63) is 261 Å². The Kier molecular flexibility index (Phi) is 11.1. The molecule has 12 aromatic rings. The van der Waals surface area contributed by atoms with Gasteiger partial charge in [-0.2, -0.15) is 19.8 Å². The third kappa shape index (κ3) is 8.40. The van der Waals surface area contributed by atoms with Crippen LogP contribution in [0.3, 0.4) is 0 Å². The summed E-state index contributed by atoms with van der Waals surface area (Å²) in [5.41, 5.74) is 20.4. The Morgan fingerprint density at radius 1 is 0.229 bits per heavy atom. The molecule has 70 heavy (non-hydrogen) atoms. The van der Waals surface area contributed by atoms with Crippen LogP contribution in [0.5, 0.6) is 0 Å². The summed E-state index contributed by atoms with van der Waals surface area (Å²) in [6, 6.07) is 84.5. The molecule has 0 saturated carbocycles. The highest BCUT2D eigenvalue weighted by Crippen LogP contribution is 2.42. The van der Waals surface area contributed by atoms with Gasteiger partial charge in [0.15, 0.2) is 0 Å². The van der Waals surface area contributed by atoms with Crippen LogP contribution in [-0.4, -0.2) is 35.0 Å². The highest BCUT2D eigenvalue weighted by Gasteiger charge is 2.19. The summed E-state index contributed by atoms with van der Waals surface area (Å²) in [6.07, 6.45) is 5.68. The van der Waals surface area contributed by atoms with Crippen molar-refractivity contribution in [3.8, 4) is 112 Å². The maximum Gasteiger partial charge on any atom is 0.114 e. The molecule has 0 aliphatic heterocycles. The molecule has 0 amide bonds. The molecule has 0 aliphatic rings. The quantitative estimate of drug-likeness (QED) is 0.129. The van der Waals surface area contributed by atoms with Gasteiger partial charge in [0.05, 0.1) is 29.5 Å². The summed E-state index contributed by atoms with van der Waals surface area (Å²) in [4.78, 5) is 8.46. The van der Waals surface area contributed by atoms with Gasteiger partial charge in [0.25, 0.3) is 0 Å². The molecule has 9 aromatic carbocycles. The fraction of sp³-hybridized carbons (Fsp3) is 0. The summed E-state index contributed by atoms with van der Waals surface area (Å²) in [5.74, 6) is 0. The number of aromatic nitrogens is 7. The smallest absolute Gasteiger partial charge is 0.114 e. The third-order valence-electron chi connectivity index (χ3n) is 12.7. The Bertz CT molecular complexity index is 3610. The molecule has 330 valence electrons. The molecular formula is C63H43N7. The van der Waals surface area contributed by atoms with Crippen molar-refractivity contribution in [1.29, 1.82) is 0 Å². The van der Waals surface area contributed by atoms with Crippen LogP contribution in [0.2, 0.25) is 0 Å². The SMILES string of the molecule is c1ccc(-c2ccc(-c3cccc(-c4ccc(-c5ccccc5-c5cc(-c6ccccc6-c6cnn(-c7ccccc7)n6)cc(-c6ccccc6-c6cnn(-c7ccccc7)n6)c5)cn4)c3)cc2)cc1. The molecule has 12 rings (SSSR count). The fourth-order valence-electron chi connectivity index (χ4n) is 9.21. The van der Waals surface area contributed by atoms with Gasteiger partial charge in [0, 0.05) is 28.5 Å². The Morgan fingerprint density at radius 3 is 1.07 bits per heavy atom. The zero-order valence-electron chi connectivity index (χ0n) is 38.0. The zero-order valence-corrected chi connectivity index (χ0v) is 38.0. The lowest BCUT2D eigenvalue weighted by molar-refractivity contribution is 0.754. The van der Waals surface area contributed by atoms with Crippen LogP contribution in [0.15, 0.2) is 261 Å². The van der Waals surface area contributed by atoms with E-state index in [0.717, 1.165) is 101 Å². The first-order valence-electron chi connectivity index (χ1n) is 23.3. The summed E-state index contributed by atoms with van der Waals surface area (Å²) < 4.78 is 0. The van der Waals surface area contributed by atoms with Gasteiger partial charge in [-0.15, -0.1) is 10.2 Å². The molecule has 3 aromatic heterocycles. The molecule has 0 N–H and O–H groups in total. The van der Waals surface area contributed by atoms with Gasteiger partial charge < -0.3 is 0 Å². The van der Waals surface area contributed by atoms with Crippen LogP contribution >= 0.6 is 0 Å². The monoisotopic (exact) mass is 897 g/mol. The van der Waals surface area contributed by atoms with Gasteiger partial charge in [-0.25, -0.2) is 0 Å². The van der Waals surface area contributed by atoms with Gasteiger partial charge in [0.2, 0.25) is 0 Å². The normalized spacial score (nSPS) is 11.1. The summed E-state index contributed by atoms with van der Waals surface area (Å²) in [5, 5.41) is 19.3. The second kappa shape index (κ2) is 18.6. The molecule has 0 atom stereocenters. The number of rotatable bonds is 11. The van der Waals surface area contributed by atoms with Gasteiger partial charge >= 0.3 is 0 Å². The molecule has 7 heteroatoms. The van der Waals surface area contributed by atoms with Crippen molar-refractivity contribution in [1.82, 2.24) is 35.0 Å². The zero-order chi connectivity index (χ0) is 46.6. The minimum Gasteiger partial charge on any atom is -0.256 e. The maximum atomic E-state index is 5.09. The molecule has 0 spiro atoms. The minimum atomic E-state index is 0.780. The van der Waals surface area contributed by atoms with E-state index in [9.17, 15) is 0 Å². The number of hydrogen-bond donors (Lipinski definition) is 0. The lowest BCUT2D eigenvalue weighted by Gasteiger charge is -2.17. The molecule has 0 saturated heterocycles. The van der Waals surface area contributed by atoms with Crippen LogP contribution in [0.1, 0.15) is 0 Å². The van der Waals surface area contributed by atoms with Crippen molar-refractivity contribution in [2.75, 3.05) is 0 Å². The summed E-state index contributed by atoms with van der Waals surface area (Å²) >= 11 is 0. The number of benzene rings is 9. The van der Waals surface area contributed by atoms with Crippen LogP contribution in [0, 0.1) is 0 Å². The van der Waals surface area contributed by atoms with E-state index in [1.807, 2.05) is 85.3 Å². The molecule has 0 bridgehead atoms. The predicted molar refractivity (Wildman–Crippen MR) is 283 cm³/mol. The van der Waals surface area contributed by atoms with Crippen molar-refractivity contribution in [2.45, 2.75) is 0 Å². The van der Waals surface area contributed by atoms with E-state index in [-0.39, 0.29) is 0 Å². The first-order valence-corrected chi connectivity index (χ1v) is 23.3. The molecule has 0 radical (unpaired) electrons. The largest absolute Gasteiger partial charge is 0.256 e. The number of hydrogen-bond acceptors (Lipinski definition) is 5. The topological polar surface area (TPSA) is 74.3 Å². The van der Waals surface area contributed by atoms with E-state index in [1.54, 1.807) is 9.59 Å². The van der Waals surface area contributed by atoms with Crippen LogP contribution < -0.4 is 0 Å². The highest BCUT2D eigenvalue weighted by molar-refractivity contribution is 5.93. The van der Waals surface area contributed by atoms with Crippen LogP contribution in [0.4, 0.5) is 0 Å². The first kappa shape index (κ1) is 41.8. The standard InChI is InChI=1S/C63H43N7/c1-4-17-44(18-5-1)45-31-33-46(34-32-45)47-19-16-20-48(37-47)61-36-35-49(41-64-61)55-25-10-11-26-56(55)50-38-51(57-27-12-14-29-59(57)62-42-65-69(67-62)53-21-6-2-7-22-53)40-52(39-50)58-28-13-15-30-60(58)63-43-66-70(68-63)54-23-8-3-9-24-54/h1-43H. The van der Waals surface area contributed by atoms with E-state index < -0.39 is 0 Å². The Morgan fingerprint density at radius 2 is 0.586 bits per heavy atom. The lowest BCUT2D eigenvalue weighted by Crippen LogP contribution is -1.98. The maximum absolute atomic E-state index is 5.09. The van der Waals surface area contributed by atoms with Crippen molar-refractivity contribution < 1.29 is 0 Å². The molecule has 0 unspecified atom stereocenters. The summed E-state index contributed by atoms with van der Waals surface area (Å²) in [6.45, 7) is 0. The van der Waals surface area contributed by atoms with Crippen molar-refractivity contribution >= 4 is 0 Å². The molecule has 0 fully saturated rings. The third-order valence-corrected chi connectivity index (χ3v) is 12.7. The Hall–Kier alpha value is -9.59. The van der Waals surface area contributed by atoms with Crippen LogP contribution in [0.25, 0.3) is 112 Å². The first-order chi connectivity index (χ1) is 34.7. The van der Waals surface area contributed by atoms with E-state index in [1.165, 1.54) is 11.1 Å². The van der Waals surface area contributed by atoms with Crippen LogP contribution in [-0.2, 0) is 0 Å². The minimum absolute atomic E-state index is 0.780. The lowest BCUT2D eigenvalue weighted by atomic mass is 9.87. The number of pyridine rings is 1. The van der Waals surface area contributed by atoms with E-state index in [2.05, 4.69) is 186 Å². The van der Waals surface area contributed by atoms with Gasteiger partial charge in [0.1, 0.15) is 11.4 Å². The number of para-hydroxylation sites is 2. The Balaban J connectivity index is 0.939. The fourth-order valence-corrected chi connectivity index (χ4v) is 9.21. The Labute approximate surface area is 406 Å². The van der Waals surface area contributed by atoms with E-state index in [4.69, 9.17) is 15.2 Å². The second-order valence-corrected chi connectivity index (χ2v) is 17.1. The van der Waals surface area contributed by atoms with Crippen molar-refractivity contribution in [2.24, 2.45) is 0 Å².